The van der Waals surface area contributed by atoms with E-state index in [2.05, 4.69) is 38.7 Å². The van der Waals surface area contributed by atoms with Crippen LogP contribution in [-0.4, -0.2) is 27.9 Å². The molecule has 0 aliphatic heterocycles. The first-order valence-corrected chi connectivity index (χ1v) is 8.78. The summed E-state index contributed by atoms with van der Waals surface area (Å²) in [5.41, 5.74) is 1.14. The summed E-state index contributed by atoms with van der Waals surface area (Å²) in [7, 11) is 0. The van der Waals surface area contributed by atoms with Crippen LogP contribution in [0.2, 0.25) is 0 Å². The lowest BCUT2D eigenvalue weighted by atomic mass is 10.2. The number of rotatable bonds is 9. The highest BCUT2D eigenvalue weighted by atomic mass is 32.2. The number of nitrogens with one attached hydrogen (secondary N) is 1. The second-order valence-electron chi connectivity index (χ2n) is 4.41. The van der Waals surface area contributed by atoms with Crippen LogP contribution in [0.5, 0.6) is 0 Å². The van der Waals surface area contributed by atoms with E-state index in [1.54, 1.807) is 11.3 Å². The van der Waals surface area contributed by atoms with Gasteiger partial charge in [-0.1, -0.05) is 12.8 Å². The standard InChI is InChI=1S/C13H21N3S2/c1-17-8-5-3-2-4-6-14-10-12-11-16-7-9-18-13(16)15-12/h7,9,11,14H,2-6,8,10H2,1H3. The van der Waals surface area contributed by atoms with Crippen LogP contribution in [0.4, 0.5) is 0 Å². The van der Waals surface area contributed by atoms with E-state index in [4.69, 9.17) is 0 Å². The van der Waals surface area contributed by atoms with Gasteiger partial charge in [0.1, 0.15) is 0 Å². The lowest BCUT2D eigenvalue weighted by molar-refractivity contribution is 0.596. The molecule has 2 heterocycles. The third-order valence-electron chi connectivity index (χ3n) is 2.90. The summed E-state index contributed by atoms with van der Waals surface area (Å²) in [5, 5.41) is 5.53. The summed E-state index contributed by atoms with van der Waals surface area (Å²) in [5.74, 6) is 1.30. The lowest BCUT2D eigenvalue weighted by Crippen LogP contribution is -2.14. The maximum Gasteiger partial charge on any atom is 0.193 e. The Bertz CT molecular complexity index is 421. The van der Waals surface area contributed by atoms with Gasteiger partial charge in [0.05, 0.1) is 5.69 Å². The van der Waals surface area contributed by atoms with Crippen molar-refractivity contribution in [1.82, 2.24) is 14.7 Å². The van der Waals surface area contributed by atoms with Crippen LogP contribution in [0.15, 0.2) is 17.8 Å². The van der Waals surface area contributed by atoms with Gasteiger partial charge in [-0.25, -0.2) is 4.98 Å². The van der Waals surface area contributed by atoms with Gasteiger partial charge < -0.3 is 5.32 Å². The molecular weight excluding hydrogens is 262 g/mol. The van der Waals surface area contributed by atoms with Crippen LogP contribution in [-0.2, 0) is 6.54 Å². The minimum Gasteiger partial charge on any atom is -0.311 e. The zero-order valence-corrected chi connectivity index (χ0v) is 12.5. The summed E-state index contributed by atoms with van der Waals surface area (Å²) in [6.07, 6.45) is 11.7. The molecular formula is C13H21N3S2. The van der Waals surface area contributed by atoms with Crippen LogP contribution >= 0.6 is 23.1 Å². The molecule has 18 heavy (non-hydrogen) atoms. The van der Waals surface area contributed by atoms with Crippen molar-refractivity contribution in [2.45, 2.75) is 32.2 Å². The maximum atomic E-state index is 4.55. The maximum absolute atomic E-state index is 4.55. The number of thioether (sulfide) groups is 1. The highest BCUT2D eigenvalue weighted by molar-refractivity contribution is 7.98. The molecule has 1 N–H and O–H groups in total. The van der Waals surface area contributed by atoms with E-state index in [1.807, 2.05) is 11.8 Å². The molecule has 0 radical (unpaired) electrons. The van der Waals surface area contributed by atoms with Gasteiger partial charge in [-0.3, -0.25) is 4.40 Å². The van der Waals surface area contributed by atoms with Gasteiger partial charge in [-0.15, -0.1) is 11.3 Å². The first kappa shape index (κ1) is 13.9. The zero-order valence-electron chi connectivity index (χ0n) is 10.9. The van der Waals surface area contributed by atoms with Gasteiger partial charge in [0.2, 0.25) is 0 Å². The highest BCUT2D eigenvalue weighted by Crippen LogP contribution is 2.11. The van der Waals surface area contributed by atoms with Crippen molar-refractivity contribution in [3.63, 3.8) is 0 Å². The molecule has 2 aromatic rings. The minimum atomic E-state index is 0.888. The second kappa shape index (κ2) is 7.81. The Morgan fingerprint density at radius 2 is 2.22 bits per heavy atom. The molecule has 0 unspecified atom stereocenters. The average Bonchev–Trinajstić information content (AvgIpc) is 2.93. The Hall–Kier alpha value is -0.520. The van der Waals surface area contributed by atoms with E-state index in [0.717, 1.165) is 23.7 Å². The summed E-state index contributed by atoms with van der Waals surface area (Å²) in [4.78, 5) is 5.63. The molecule has 5 heteroatoms. The van der Waals surface area contributed by atoms with Crippen molar-refractivity contribution >= 4 is 28.1 Å². The molecule has 2 rings (SSSR count). The third kappa shape index (κ3) is 4.30. The van der Waals surface area contributed by atoms with E-state index in [9.17, 15) is 0 Å². The largest absolute Gasteiger partial charge is 0.311 e. The number of nitrogens with zero attached hydrogens (tertiary/aromatic N) is 2. The van der Waals surface area contributed by atoms with Crippen LogP contribution in [0, 0.1) is 0 Å². The molecule has 0 aromatic carbocycles. The Morgan fingerprint density at radius 3 is 3.06 bits per heavy atom. The van der Waals surface area contributed by atoms with Crippen LogP contribution in [0.3, 0.4) is 0 Å². The number of hydrogen-bond acceptors (Lipinski definition) is 4. The molecule has 0 saturated carbocycles. The van der Waals surface area contributed by atoms with Gasteiger partial charge in [-0.05, 0) is 31.4 Å². The van der Waals surface area contributed by atoms with Crippen molar-refractivity contribution < 1.29 is 0 Å². The first-order chi connectivity index (χ1) is 8.90. The topological polar surface area (TPSA) is 29.3 Å². The van der Waals surface area contributed by atoms with E-state index < -0.39 is 0 Å². The van der Waals surface area contributed by atoms with Crippen molar-refractivity contribution in [3.05, 3.63) is 23.5 Å². The first-order valence-electron chi connectivity index (χ1n) is 6.51. The van der Waals surface area contributed by atoms with Crippen molar-refractivity contribution in [1.29, 1.82) is 0 Å². The number of thiazole rings is 1. The molecule has 3 nitrogen and oxygen atoms in total. The Balaban J connectivity index is 1.54. The smallest absolute Gasteiger partial charge is 0.193 e. The summed E-state index contributed by atoms with van der Waals surface area (Å²) in [6, 6.07) is 0. The second-order valence-corrected chi connectivity index (χ2v) is 6.27. The minimum absolute atomic E-state index is 0.888. The van der Waals surface area contributed by atoms with Gasteiger partial charge in [0.25, 0.3) is 0 Å². The molecule has 100 valence electrons. The van der Waals surface area contributed by atoms with Crippen molar-refractivity contribution in [3.8, 4) is 0 Å². The molecule has 0 fully saturated rings. The predicted octanol–water partition coefficient (Wildman–Crippen LogP) is 3.41. The van der Waals surface area contributed by atoms with Gasteiger partial charge >= 0.3 is 0 Å². The van der Waals surface area contributed by atoms with Crippen LogP contribution in [0.25, 0.3) is 4.96 Å². The normalized spacial score (nSPS) is 11.4. The highest BCUT2D eigenvalue weighted by Gasteiger charge is 2.01. The van der Waals surface area contributed by atoms with Crippen LogP contribution in [0.1, 0.15) is 31.4 Å². The number of unbranched alkanes of at least 4 members (excludes halogenated alkanes) is 3. The fourth-order valence-electron chi connectivity index (χ4n) is 1.93. The van der Waals surface area contributed by atoms with Gasteiger partial charge in [0.15, 0.2) is 4.96 Å². The molecule has 0 bridgehead atoms. The summed E-state index contributed by atoms with van der Waals surface area (Å²) in [6.45, 7) is 1.99. The summed E-state index contributed by atoms with van der Waals surface area (Å²) >= 11 is 3.63. The fourth-order valence-corrected chi connectivity index (χ4v) is 3.14. The third-order valence-corrected chi connectivity index (χ3v) is 4.37. The molecule has 2 aromatic heterocycles. The lowest BCUT2D eigenvalue weighted by Gasteiger charge is -2.02. The molecule has 0 aliphatic rings. The van der Waals surface area contributed by atoms with Crippen molar-refractivity contribution in [2.75, 3.05) is 18.6 Å². The number of fused-ring (bicyclic) bond motifs is 1. The Kier molecular flexibility index (Phi) is 6.04. The van der Waals surface area contributed by atoms with Crippen molar-refractivity contribution in [2.24, 2.45) is 0 Å². The fraction of sp³-hybridized carbons (Fsp3) is 0.615. The predicted molar refractivity (Wildman–Crippen MR) is 81.6 cm³/mol. The molecule has 0 spiro atoms. The average molecular weight is 283 g/mol. The van der Waals surface area contributed by atoms with Gasteiger partial charge in [-0.2, -0.15) is 11.8 Å². The number of imidazole rings is 1. The number of aromatic nitrogens is 2. The monoisotopic (exact) mass is 283 g/mol. The van der Waals surface area contributed by atoms with E-state index in [-0.39, 0.29) is 0 Å². The van der Waals surface area contributed by atoms with E-state index >= 15 is 0 Å². The number of hydrogen-bond donors (Lipinski definition) is 1. The Labute approximate surface area is 117 Å². The summed E-state index contributed by atoms with van der Waals surface area (Å²) < 4.78 is 2.09. The van der Waals surface area contributed by atoms with Crippen LogP contribution < -0.4 is 5.32 Å². The molecule has 0 atom stereocenters. The SMILES string of the molecule is CSCCCCCCNCc1cn2ccsc2n1. The molecule has 0 saturated heterocycles. The van der Waals surface area contributed by atoms with E-state index in [1.165, 1.54) is 31.4 Å². The van der Waals surface area contributed by atoms with Gasteiger partial charge in [0, 0.05) is 24.3 Å². The molecule has 0 aliphatic carbocycles. The quantitative estimate of drug-likeness (QED) is 0.715. The zero-order chi connectivity index (χ0) is 12.6. The van der Waals surface area contributed by atoms with E-state index in [0.29, 0.717) is 0 Å². The molecule has 0 amide bonds. The Morgan fingerprint density at radius 1 is 1.33 bits per heavy atom.